The zero-order valence-corrected chi connectivity index (χ0v) is 20.4. The summed E-state index contributed by atoms with van der Waals surface area (Å²) in [6, 6.07) is 9.65. The highest BCUT2D eigenvalue weighted by Crippen LogP contribution is 2.32. The lowest BCUT2D eigenvalue weighted by Crippen LogP contribution is -2.52. The third-order valence-corrected chi connectivity index (χ3v) is 10.7. The van der Waals surface area contributed by atoms with E-state index in [9.17, 15) is 13.2 Å². The molecule has 0 bridgehead atoms. The lowest BCUT2D eigenvalue weighted by Gasteiger charge is -2.38. The van der Waals surface area contributed by atoms with Crippen molar-refractivity contribution in [3.05, 3.63) is 41.3 Å². The van der Waals surface area contributed by atoms with Crippen LogP contribution in [0, 0.1) is 12.8 Å². The topological polar surface area (TPSA) is 73.8 Å². The van der Waals surface area contributed by atoms with Crippen LogP contribution in [-0.4, -0.2) is 67.8 Å². The standard InChI is InChI=1S/C22H26N4O3S3/c1-16-4-2-5-18-20(16)23-22(31-18)25-13-11-24(12-14-25)21(27)17-7-9-26(10-8-17)32(28,29)19-6-3-15-30-19/h2-6,15,17H,7-14H2,1H3. The third-order valence-electron chi connectivity index (χ3n) is 6.36. The summed E-state index contributed by atoms with van der Waals surface area (Å²) in [5.74, 6) is 0.0689. The van der Waals surface area contributed by atoms with Crippen molar-refractivity contribution in [3.8, 4) is 0 Å². The summed E-state index contributed by atoms with van der Waals surface area (Å²) in [4.78, 5) is 22.1. The molecule has 170 valence electrons. The summed E-state index contributed by atoms with van der Waals surface area (Å²) < 4.78 is 28.5. The molecule has 3 aromatic rings. The van der Waals surface area contributed by atoms with Crippen LogP contribution in [0.4, 0.5) is 5.13 Å². The molecule has 5 rings (SSSR count). The minimum absolute atomic E-state index is 0.0959. The maximum absolute atomic E-state index is 13.1. The van der Waals surface area contributed by atoms with E-state index in [4.69, 9.17) is 4.98 Å². The highest BCUT2D eigenvalue weighted by Gasteiger charge is 2.35. The number of hydrogen-bond donors (Lipinski definition) is 0. The molecule has 7 nitrogen and oxygen atoms in total. The van der Waals surface area contributed by atoms with Gasteiger partial charge >= 0.3 is 0 Å². The van der Waals surface area contributed by atoms with Gasteiger partial charge in [0.15, 0.2) is 5.13 Å². The van der Waals surface area contributed by atoms with Crippen molar-refractivity contribution < 1.29 is 13.2 Å². The molecule has 2 saturated heterocycles. The number of anilines is 1. The van der Waals surface area contributed by atoms with Gasteiger partial charge in [-0.05, 0) is 42.8 Å². The van der Waals surface area contributed by atoms with E-state index in [2.05, 4.69) is 30.0 Å². The Bertz CT molecular complexity index is 1210. The molecule has 0 aliphatic carbocycles. The number of benzene rings is 1. The second-order valence-electron chi connectivity index (χ2n) is 8.34. The van der Waals surface area contributed by atoms with Gasteiger partial charge in [0.25, 0.3) is 10.0 Å². The number of thiophene rings is 1. The van der Waals surface area contributed by atoms with Crippen LogP contribution in [0.25, 0.3) is 10.2 Å². The minimum atomic E-state index is -3.43. The Morgan fingerprint density at radius 2 is 1.78 bits per heavy atom. The number of aryl methyl sites for hydroxylation is 1. The van der Waals surface area contributed by atoms with E-state index in [1.165, 1.54) is 25.9 Å². The first-order chi connectivity index (χ1) is 15.4. The summed E-state index contributed by atoms with van der Waals surface area (Å²) in [6.45, 7) is 5.80. The molecular weight excluding hydrogens is 464 g/mol. The fraction of sp³-hybridized carbons (Fsp3) is 0.455. The molecule has 2 aliphatic heterocycles. The SMILES string of the molecule is Cc1cccc2sc(N3CCN(C(=O)C4CCN(S(=O)(=O)c5cccs5)CC4)CC3)nc12. The number of carbonyl (C=O) groups is 1. The Balaban J connectivity index is 1.17. The summed E-state index contributed by atoms with van der Waals surface area (Å²) in [7, 11) is -3.43. The minimum Gasteiger partial charge on any atom is -0.345 e. The van der Waals surface area contributed by atoms with Crippen LogP contribution in [0.2, 0.25) is 0 Å². The fourth-order valence-electron chi connectivity index (χ4n) is 4.47. The van der Waals surface area contributed by atoms with Crippen molar-refractivity contribution in [1.29, 1.82) is 0 Å². The smallest absolute Gasteiger partial charge is 0.252 e. The Hall–Kier alpha value is -2.01. The average Bonchev–Trinajstić information content (AvgIpc) is 3.50. The van der Waals surface area contributed by atoms with Gasteiger partial charge in [-0.15, -0.1) is 11.3 Å². The Kier molecular flexibility index (Phi) is 5.96. The first-order valence-electron chi connectivity index (χ1n) is 10.9. The zero-order chi connectivity index (χ0) is 22.3. The van der Waals surface area contributed by atoms with Gasteiger partial charge in [0.1, 0.15) is 4.21 Å². The molecular formula is C22H26N4O3S3. The number of nitrogens with zero attached hydrogens (tertiary/aromatic N) is 4. The van der Waals surface area contributed by atoms with Gasteiger partial charge in [-0.1, -0.05) is 29.5 Å². The first-order valence-corrected chi connectivity index (χ1v) is 14.0. The zero-order valence-electron chi connectivity index (χ0n) is 17.9. The van der Waals surface area contributed by atoms with Crippen molar-refractivity contribution in [3.63, 3.8) is 0 Å². The van der Waals surface area contributed by atoms with Gasteiger partial charge < -0.3 is 9.80 Å². The van der Waals surface area contributed by atoms with Gasteiger partial charge in [-0.25, -0.2) is 13.4 Å². The molecule has 0 atom stereocenters. The fourth-order valence-corrected chi connectivity index (χ4v) is 8.18. The Morgan fingerprint density at radius 1 is 1.03 bits per heavy atom. The highest BCUT2D eigenvalue weighted by atomic mass is 32.2. The molecule has 2 fully saturated rings. The molecule has 10 heteroatoms. The average molecular weight is 491 g/mol. The molecule has 0 saturated carbocycles. The summed E-state index contributed by atoms with van der Waals surface area (Å²) in [6.07, 6.45) is 1.17. The van der Waals surface area contributed by atoms with Crippen LogP contribution >= 0.6 is 22.7 Å². The van der Waals surface area contributed by atoms with E-state index in [1.54, 1.807) is 28.8 Å². The van der Waals surface area contributed by atoms with E-state index in [0.29, 0.717) is 43.2 Å². The van der Waals surface area contributed by atoms with E-state index in [-0.39, 0.29) is 11.8 Å². The van der Waals surface area contributed by atoms with Crippen LogP contribution in [0.15, 0.2) is 39.9 Å². The normalized spacial score (nSPS) is 19.0. The number of fused-ring (bicyclic) bond motifs is 1. The van der Waals surface area contributed by atoms with Gasteiger partial charge in [0, 0.05) is 45.2 Å². The van der Waals surface area contributed by atoms with E-state index >= 15 is 0 Å². The molecule has 4 heterocycles. The molecule has 2 aliphatic rings. The van der Waals surface area contributed by atoms with Crippen LogP contribution < -0.4 is 4.90 Å². The number of amides is 1. The molecule has 32 heavy (non-hydrogen) atoms. The number of piperazine rings is 1. The summed E-state index contributed by atoms with van der Waals surface area (Å²) in [5, 5.41) is 2.80. The number of carbonyl (C=O) groups excluding carboxylic acids is 1. The number of hydrogen-bond acceptors (Lipinski definition) is 7. The number of rotatable bonds is 4. The first kappa shape index (κ1) is 21.8. The lowest BCUT2D eigenvalue weighted by molar-refractivity contribution is -0.137. The predicted octanol–water partition coefficient (Wildman–Crippen LogP) is 3.42. The lowest BCUT2D eigenvalue weighted by atomic mass is 9.96. The van der Waals surface area contributed by atoms with Crippen LogP contribution in [-0.2, 0) is 14.8 Å². The maximum Gasteiger partial charge on any atom is 0.252 e. The van der Waals surface area contributed by atoms with Gasteiger partial charge in [-0.2, -0.15) is 4.31 Å². The predicted molar refractivity (Wildman–Crippen MR) is 129 cm³/mol. The molecule has 1 aromatic carbocycles. The molecule has 0 N–H and O–H groups in total. The van der Waals surface area contributed by atoms with Crippen LogP contribution in [0.1, 0.15) is 18.4 Å². The van der Waals surface area contributed by atoms with Gasteiger partial charge in [0.05, 0.1) is 10.2 Å². The summed E-state index contributed by atoms with van der Waals surface area (Å²) >= 11 is 2.95. The van der Waals surface area contributed by atoms with E-state index in [0.717, 1.165) is 23.7 Å². The Labute approximate surface area is 196 Å². The van der Waals surface area contributed by atoms with Crippen molar-refractivity contribution in [1.82, 2.24) is 14.2 Å². The Morgan fingerprint density at radius 3 is 2.44 bits per heavy atom. The number of piperidine rings is 1. The van der Waals surface area contributed by atoms with E-state index in [1.807, 2.05) is 4.90 Å². The quantitative estimate of drug-likeness (QED) is 0.560. The van der Waals surface area contributed by atoms with Gasteiger partial charge in [0.2, 0.25) is 5.91 Å². The molecule has 0 spiro atoms. The second kappa shape index (κ2) is 8.74. The van der Waals surface area contributed by atoms with Crippen LogP contribution in [0.3, 0.4) is 0 Å². The number of aromatic nitrogens is 1. The molecule has 0 unspecified atom stereocenters. The van der Waals surface area contributed by atoms with E-state index < -0.39 is 10.0 Å². The third kappa shape index (κ3) is 4.05. The van der Waals surface area contributed by atoms with Gasteiger partial charge in [-0.3, -0.25) is 4.79 Å². The molecule has 2 aromatic heterocycles. The number of sulfonamides is 1. The summed E-state index contributed by atoms with van der Waals surface area (Å²) in [5.41, 5.74) is 2.25. The van der Waals surface area contributed by atoms with Crippen LogP contribution in [0.5, 0.6) is 0 Å². The number of thiazole rings is 1. The van der Waals surface area contributed by atoms with Crippen molar-refractivity contribution in [2.75, 3.05) is 44.2 Å². The molecule has 0 radical (unpaired) electrons. The highest BCUT2D eigenvalue weighted by molar-refractivity contribution is 7.91. The van der Waals surface area contributed by atoms with Crippen molar-refractivity contribution in [2.45, 2.75) is 24.0 Å². The largest absolute Gasteiger partial charge is 0.345 e. The molecule has 1 amide bonds. The maximum atomic E-state index is 13.1. The number of para-hydroxylation sites is 1. The van der Waals surface area contributed by atoms with Crippen molar-refractivity contribution >= 4 is 54.0 Å². The van der Waals surface area contributed by atoms with Crippen molar-refractivity contribution in [2.24, 2.45) is 5.92 Å². The monoisotopic (exact) mass is 490 g/mol. The second-order valence-corrected chi connectivity index (χ2v) is 12.5.